The number of hydrogen-bond acceptors (Lipinski definition) is 5. The summed E-state index contributed by atoms with van der Waals surface area (Å²) in [5, 5.41) is 18.8. The van der Waals surface area contributed by atoms with E-state index in [4.69, 9.17) is 0 Å². The number of non-ortho nitro benzene ring substituents is 1. The maximum Gasteiger partial charge on any atom is 0.269 e. The van der Waals surface area contributed by atoms with Crippen LogP contribution in [-0.4, -0.2) is 19.0 Å². The lowest BCUT2D eigenvalue weighted by molar-refractivity contribution is -0.384. The third-order valence-corrected chi connectivity index (χ3v) is 2.70. The SMILES string of the molecule is CN(C)c1ccccc1N=Nc1ccc([N+](=O)[O-])cc1. The Morgan fingerprint density at radius 1 is 1.00 bits per heavy atom. The van der Waals surface area contributed by atoms with Crippen molar-refractivity contribution in [3.05, 3.63) is 58.6 Å². The lowest BCUT2D eigenvalue weighted by Crippen LogP contribution is -2.08. The summed E-state index contributed by atoms with van der Waals surface area (Å²) in [5.41, 5.74) is 2.32. The van der Waals surface area contributed by atoms with Gasteiger partial charge in [-0.2, -0.15) is 5.11 Å². The smallest absolute Gasteiger partial charge is 0.269 e. The summed E-state index contributed by atoms with van der Waals surface area (Å²) in [6.07, 6.45) is 0. The van der Waals surface area contributed by atoms with E-state index in [9.17, 15) is 10.1 Å². The van der Waals surface area contributed by atoms with E-state index in [0.717, 1.165) is 11.4 Å². The van der Waals surface area contributed by atoms with E-state index in [1.807, 2.05) is 43.3 Å². The van der Waals surface area contributed by atoms with Crippen molar-refractivity contribution in [2.45, 2.75) is 0 Å². The number of hydrogen-bond donors (Lipinski definition) is 0. The van der Waals surface area contributed by atoms with E-state index < -0.39 is 4.92 Å². The number of rotatable bonds is 4. The van der Waals surface area contributed by atoms with Crippen molar-refractivity contribution in [2.24, 2.45) is 10.2 Å². The minimum absolute atomic E-state index is 0.0395. The fourth-order valence-electron chi connectivity index (χ4n) is 1.68. The van der Waals surface area contributed by atoms with Gasteiger partial charge in [0, 0.05) is 26.2 Å². The second-order valence-electron chi connectivity index (χ2n) is 4.36. The average molecular weight is 270 g/mol. The first-order valence-electron chi connectivity index (χ1n) is 6.00. The maximum absolute atomic E-state index is 10.6. The van der Waals surface area contributed by atoms with Crippen molar-refractivity contribution in [1.29, 1.82) is 0 Å². The molecule has 0 saturated heterocycles. The molecule has 0 aliphatic carbocycles. The van der Waals surface area contributed by atoms with Crippen molar-refractivity contribution in [2.75, 3.05) is 19.0 Å². The fraction of sp³-hybridized carbons (Fsp3) is 0.143. The summed E-state index contributed by atoms with van der Waals surface area (Å²) < 4.78 is 0. The molecule has 6 nitrogen and oxygen atoms in total. The van der Waals surface area contributed by atoms with E-state index in [0.29, 0.717) is 5.69 Å². The second kappa shape index (κ2) is 5.92. The topological polar surface area (TPSA) is 71.1 Å². The van der Waals surface area contributed by atoms with Gasteiger partial charge < -0.3 is 4.90 Å². The molecule has 2 aromatic carbocycles. The van der Waals surface area contributed by atoms with Crippen molar-refractivity contribution >= 4 is 22.7 Å². The Kier molecular flexibility index (Phi) is 4.05. The van der Waals surface area contributed by atoms with Crippen LogP contribution in [0.2, 0.25) is 0 Å². The summed E-state index contributed by atoms with van der Waals surface area (Å²) in [5.74, 6) is 0. The highest BCUT2D eigenvalue weighted by Crippen LogP contribution is 2.28. The van der Waals surface area contributed by atoms with E-state index >= 15 is 0 Å². The summed E-state index contributed by atoms with van der Waals surface area (Å²) >= 11 is 0. The van der Waals surface area contributed by atoms with Crippen LogP contribution >= 0.6 is 0 Å². The summed E-state index contributed by atoms with van der Waals surface area (Å²) in [7, 11) is 3.86. The van der Waals surface area contributed by atoms with Gasteiger partial charge in [-0.15, -0.1) is 5.11 Å². The Hall–Kier alpha value is -2.76. The van der Waals surface area contributed by atoms with E-state index in [1.54, 1.807) is 12.1 Å². The van der Waals surface area contributed by atoms with Gasteiger partial charge >= 0.3 is 0 Å². The molecule has 0 aliphatic rings. The molecule has 0 amide bonds. The predicted molar refractivity (Wildman–Crippen MR) is 78.0 cm³/mol. The molecule has 0 heterocycles. The lowest BCUT2D eigenvalue weighted by Gasteiger charge is -2.13. The third-order valence-electron chi connectivity index (χ3n) is 2.70. The monoisotopic (exact) mass is 270 g/mol. The first kappa shape index (κ1) is 13.7. The number of nitro benzene ring substituents is 1. The van der Waals surface area contributed by atoms with Gasteiger partial charge in [-0.3, -0.25) is 10.1 Å². The van der Waals surface area contributed by atoms with Crippen molar-refractivity contribution < 1.29 is 4.92 Å². The van der Waals surface area contributed by atoms with Crippen LogP contribution in [-0.2, 0) is 0 Å². The van der Waals surface area contributed by atoms with Gasteiger partial charge in [0.25, 0.3) is 5.69 Å². The first-order valence-corrected chi connectivity index (χ1v) is 6.00. The van der Waals surface area contributed by atoms with Crippen LogP contribution in [0.25, 0.3) is 0 Å². The highest BCUT2D eigenvalue weighted by atomic mass is 16.6. The number of nitrogens with zero attached hydrogens (tertiary/aromatic N) is 4. The highest BCUT2D eigenvalue weighted by molar-refractivity contribution is 5.65. The molecule has 2 aromatic rings. The van der Waals surface area contributed by atoms with Gasteiger partial charge in [-0.25, -0.2) is 0 Å². The van der Waals surface area contributed by atoms with E-state index in [2.05, 4.69) is 10.2 Å². The summed E-state index contributed by atoms with van der Waals surface area (Å²) in [6.45, 7) is 0. The van der Waals surface area contributed by atoms with E-state index in [-0.39, 0.29) is 5.69 Å². The van der Waals surface area contributed by atoms with E-state index in [1.165, 1.54) is 12.1 Å². The Labute approximate surface area is 116 Å². The zero-order valence-electron chi connectivity index (χ0n) is 11.2. The minimum Gasteiger partial charge on any atom is -0.376 e. The minimum atomic E-state index is -0.442. The number of nitro groups is 1. The molecule has 6 heteroatoms. The molecular formula is C14H14N4O2. The van der Waals surface area contributed by atoms with Crippen molar-refractivity contribution in [3.8, 4) is 0 Å². The van der Waals surface area contributed by atoms with Gasteiger partial charge in [-0.1, -0.05) is 12.1 Å². The number of azo groups is 1. The highest BCUT2D eigenvalue weighted by Gasteiger charge is 2.04. The Bertz CT molecular complexity index is 636. The molecular weight excluding hydrogens is 256 g/mol. The van der Waals surface area contributed by atoms with Crippen LogP contribution in [0.15, 0.2) is 58.8 Å². The van der Waals surface area contributed by atoms with Crippen LogP contribution in [0.3, 0.4) is 0 Å². The zero-order valence-corrected chi connectivity index (χ0v) is 11.2. The third kappa shape index (κ3) is 3.17. The molecule has 102 valence electrons. The van der Waals surface area contributed by atoms with Crippen LogP contribution in [0.5, 0.6) is 0 Å². The quantitative estimate of drug-likeness (QED) is 0.477. The molecule has 0 unspecified atom stereocenters. The molecule has 0 aliphatic heterocycles. The van der Waals surface area contributed by atoms with Crippen LogP contribution in [0.4, 0.5) is 22.7 Å². The average Bonchev–Trinajstić information content (AvgIpc) is 2.45. The molecule has 20 heavy (non-hydrogen) atoms. The Morgan fingerprint density at radius 2 is 1.65 bits per heavy atom. The van der Waals surface area contributed by atoms with Gasteiger partial charge in [-0.05, 0) is 24.3 Å². The van der Waals surface area contributed by atoms with Gasteiger partial charge in [0.15, 0.2) is 0 Å². The van der Waals surface area contributed by atoms with Crippen LogP contribution in [0.1, 0.15) is 0 Å². The largest absolute Gasteiger partial charge is 0.376 e. The molecule has 0 atom stereocenters. The summed E-state index contributed by atoms with van der Waals surface area (Å²) in [6, 6.07) is 13.6. The molecule has 0 saturated carbocycles. The van der Waals surface area contributed by atoms with Crippen molar-refractivity contribution in [3.63, 3.8) is 0 Å². The number of benzene rings is 2. The molecule has 0 spiro atoms. The standard InChI is InChI=1S/C14H14N4O2/c1-17(2)14-6-4-3-5-13(14)16-15-11-7-9-12(10-8-11)18(19)20/h3-10H,1-2H3. The molecule has 0 aromatic heterocycles. The molecule has 2 rings (SSSR count). The molecule has 0 radical (unpaired) electrons. The first-order chi connectivity index (χ1) is 9.58. The Balaban J connectivity index is 2.23. The van der Waals surface area contributed by atoms with Gasteiger partial charge in [0.2, 0.25) is 0 Å². The van der Waals surface area contributed by atoms with Crippen LogP contribution in [0, 0.1) is 10.1 Å². The normalized spacial score (nSPS) is 10.7. The van der Waals surface area contributed by atoms with Gasteiger partial charge in [0.1, 0.15) is 5.69 Å². The number of anilines is 1. The summed E-state index contributed by atoms with van der Waals surface area (Å²) in [4.78, 5) is 12.1. The van der Waals surface area contributed by atoms with Gasteiger partial charge in [0.05, 0.1) is 16.3 Å². The lowest BCUT2D eigenvalue weighted by atomic mass is 10.2. The number of para-hydroxylation sites is 1. The second-order valence-corrected chi connectivity index (χ2v) is 4.36. The molecule has 0 fully saturated rings. The van der Waals surface area contributed by atoms with Crippen LogP contribution < -0.4 is 4.90 Å². The molecule has 0 bridgehead atoms. The zero-order chi connectivity index (χ0) is 14.5. The fourth-order valence-corrected chi connectivity index (χ4v) is 1.68. The molecule has 0 N–H and O–H groups in total. The maximum atomic E-state index is 10.6. The Morgan fingerprint density at radius 3 is 2.25 bits per heavy atom. The van der Waals surface area contributed by atoms with Crippen molar-refractivity contribution in [1.82, 2.24) is 0 Å². The predicted octanol–water partition coefficient (Wildman–Crippen LogP) is 4.08.